The first-order valence-electron chi connectivity index (χ1n) is 8.05. The highest BCUT2D eigenvalue weighted by Gasteiger charge is 2.65. The molecule has 0 saturated heterocycles. The second-order valence-corrected chi connectivity index (χ2v) is 6.44. The molecule has 0 N–H and O–H groups in total. The first-order valence-corrected chi connectivity index (χ1v) is 8.05. The first kappa shape index (κ1) is 17.3. The number of nitrogens with zero attached hydrogens (tertiary/aromatic N) is 4. The summed E-state index contributed by atoms with van der Waals surface area (Å²) < 4.78 is 44.1. The molecule has 0 atom stereocenters. The van der Waals surface area contributed by atoms with Crippen LogP contribution < -0.4 is 0 Å². The minimum atomic E-state index is -4.56. The lowest BCUT2D eigenvalue weighted by molar-refractivity contribution is -0.166. The third-order valence-electron chi connectivity index (χ3n) is 4.49. The van der Waals surface area contributed by atoms with E-state index in [2.05, 4.69) is 20.5 Å². The zero-order valence-electron chi connectivity index (χ0n) is 14.1. The SMILES string of the molecule is CC1(c2ccc(C(=O)OCc3ccc(C4(C(F)(F)F)N=N4)cc3)cc2)N=N1. The second kappa shape index (κ2) is 5.70. The van der Waals surface area contributed by atoms with Crippen molar-refractivity contribution in [2.24, 2.45) is 20.5 Å². The van der Waals surface area contributed by atoms with Crippen molar-refractivity contribution in [1.82, 2.24) is 0 Å². The molecule has 0 aliphatic carbocycles. The fourth-order valence-corrected chi connectivity index (χ4v) is 2.62. The Labute approximate surface area is 151 Å². The molecule has 0 unspecified atom stereocenters. The van der Waals surface area contributed by atoms with Gasteiger partial charge < -0.3 is 4.74 Å². The fraction of sp³-hybridized carbons (Fsp3) is 0.278. The van der Waals surface area contributed by atoms with E-state index in [0.717, 1.165) is 5.56 Å². The molecule has 0 aromatic heterocycles. The van der Waals surface area contributed by atoms with Gasteiger partial charge in [-0.1, -0.05) is 36.4 Å². The van der Waals surface area contributed by atoms with Gasteiger partial charge in [0.05, 0.1) is 5.56 Å². The van der Waals surface area contributed by atoms with Gasteiger partial charge in [-0.2, -0.15) is 23.4 Å². The highest BCUT2D eigenvalue weighted by atomic mass is 19.4. The number of hydrogen-bond donors (Lipinski definition) is 0. The third kappa shape index (κ3) is 3.09. The lowest BCUT2D eigenvalue weighted by Gasteiger charge is -2.15. The smallest absolute Gasteiger partial charge is 0.442 e. The summed E-state index contributed by atoms with van der Waals surface area (Å²) in [6, 6.07) is 12.2. The van der Waals surface area contributed by atoms with Gasteiger partial charge >= 0.3 is 17.8 Å². The Kier molecular flexibility index (Phi) is 3.66. The van der Waals surface area contributed by atoms with Crippen molar-refractivity contribution in [3.05, 3.63) is 70.8 Å². The lowest BCUT2D eigenvalue weighted by Crippen LogP contribution is -2.30. The molecule has 0 amide bonds. The number of rotatable bonds is 5. The molecule has 2 aliphatic heterocycles. The van der Waals surface area contributed by atoms with Gasteiger partial charge in [0, 0.05) is 11.1 Å². The van der Waals surface area contributed by atoms with Crippen LogP contribution >= 0.6 is 0 Å². The number of carbonyl (C=O) groups excluding carboxylic acids is 1. The summed E-state index contributed by atoms with van der Waals surface area (Å²) in [6.07, 6.45) is -4.56. The standard InChI is InChI=1S/C18H13F3N4O2/c1-16(22-23-16)13-8-4-12(5-9-13)15(26)27-10-11-2-6-14(7-3-11)17(24-25-17)18(19,20)21/h2-9H,10H2,1H3. The molecule has 0 fully saturated rings. The maximum absolute atomic E-state index is 13.0. The van der Waals surface area contributed by atoms with Crippen LogP contribution in [0.15, 0.2) is 69.0 Å². The molecule has 27 heavy (non-hydrogen) atoms. The summed E-state index contributed by atoms with van der Waals surface area (Å²) >= 11 is 0. The van der Waals surface area contributed by atoms with Gasteiger partial charge in [0.1, 0.15) is 6.61 Å². The van der Waals surface area contributed by atoms with Crippen molar-refractivity contribution < 1.29 is 22.7 Å². The maximum Gasteiger partial charge on any atom is 0.442 e. The average Bonchev–Trinajstić information content (AvgIpc) is 3.56. The van der Waals surface area contributed by atoms with Crippen LogP contribution in [0.2, 0.25) is 0 Å². The van der Waals surface area contributed by atoms with E-state index in [-0.39, 0.29) is 12.2 Å². The van der Waals surface area contributed by atoms with E-state index >= 15 is 0 Å². The quantitative estimate of drug-likeness (QED) is 0.701. The predicted octanol–water partition coefficient (Wildman–Crippen LogP) is 4.86. The van der Waals surface area contributed by atoms with E-state index in [9.17, 15) is 18.0 Å². The number of halogens is 3. The Morgan fingerprint density at radius 3 is 1.96 bits per heavy atom. The molecular weight excluding hydrogens is 361 g/mol. The van der Waals surface area contributed by atoms with Crippen molar-refractivity contribution in [2.75, 3.05) is 0 Å². The van der Waals surface area contributed by atoms with Crippen LogP contribution in [0.25, 0.3) is 0 Å². The van der Waals surface area contributed by atoms with E-state index < -0.39 is 23.5 Å². The van der Waals surface area contributed by atoms with Crippen molar-refractivity contribution in [1.29, 1.82) is 0 Å². The van der Waals surface area contributed by atoms with E-state index in [0.29, 0.717) is 11.1 Å². The van der Waals surface area contributed by atoms with Crippen molar-refractivity contribution in [2.45, 2.75) is 31.0 Å². The van der Waals surface area contributed by atoms with Crippen LogP contribution in [-0.2, 0) is 22.7 Å². The average molecular weight is 374 g/mol. The number of alkyl halides is 3. The summed E-state index contributed by atoms with van der Waals surface area (Å²) in [4.78, 5) is 12.1. The van der Waals surface area contributed by atoms with Crippen molar-refractivity contribution in [3.63, 3.8) is 0 Å². The van der Waals surface area contributed by atoms with E-state index in [1.54, 1.807) is 24.3 Å². The second-order valence-electron chi connectivity index (χ2n) is 6.44. The van der Waals surface area contributed by atoms with Gasteiger partial charge in [0.15, 0.2) is 0 Å². The van der Waals surface area contributed by atoms with Crippen LogP contribution in [0.5, 0.6) is 0 Å². The van der Waals surface area contributed by atoms with Gasteiger partial charge in [0.2, 0.25) is 5.66 Å². The number of esters is 1. The monoisotopic (exact) mass is 374 g/mol. The van der Waals surface area contributed by atoms with Crippen LogP contribution in [-0.4, -0.2) is 12.1 Å². The summed E-state index contributed by atoms with van der Waals surface area (Å²) in [5.41, 5.74) is -1.22. The zero-order valence-corrected chi connectivity index (χ0v) is 14.1. The van der Waals surface area contributed by atoms with Crippen LogP contribution in [0.3, 0.4) is 0 Å². The van der Waals surface area contributed by atoms with Gasteiger partial charge in [-0.05, 0) is 24.6 Å². The number of benzene rings is 2. The molecule has 4 rings (SSSR count). The molecule has 0 radical (unpaired) electrons. The summed E-state index contributed by atoms with van der Waals surface area (Å²) in [5.74, 6) is -0.528. The Bertz CT molecular complexity index is 938. The van der Waals surface area contributed by atoms with Crippen LogP contribution in [0, 0.1) is 0 Å². The first-order chi connectivity index (χ1) is 12.7. The van der Waals surface area contributed by atoms with Crippen LogP contribution in [0.4, 0.5) is 13.2 Å². The molecule has 2 aromatic rings. The topological polar surface area (TPSA) is 75.7 Å². The van der Waals surface area contributed by atoms with E-state index in [1.165, 1.54) is 24.3 Å². The highest BCUT2D eigenvalue weighted by molar-refractivity contribution is 5.89. The summed E-state index contributed by atoms with van der Waals surface area (Å²) in [5, 5.41) is 14.1. The predicted molar refractivity (Wildman–Crippen MR) is 86.8 cm³/mol. The zero-order chi connectivity index (χ0) is 19.3. The molecule has 0 bridgehead atoms. The Hall–Kier alpha value is -3.10. The highest BCUT2D eigenvalue weighted by Crippen LogP contribution is 2.52. The number of carbonyl (C=O) groups is 1. The van der Waals surface area contributed by atoms with Gasteiger partial charge in [0.25, 0.3) is 0 Å². The van der Waals surface area contributed by atoms with Crippen molar-refractivity contribution >= 4 is 5.97 Å². The molecule has 138 valence electrons. The largest absolute Gasteiger partial charge is 0.457 e. The summed E-state index contributed by atoms with van der Waals surface area (Å²) in [7, 11) is 0. The Morgan fingerprint density at radius 1 is 0.926 bits per heavy atom. The molecule has 0 saturated carbocycles. The molecular formula is C18H13F3N4O2. The van der Waals surface area contributed by atoms with E-state index in [4.69, 9.17) is 4.74 Å². The molecule has 2 aliphatic rings. The van der Waals surface area contributed by atoms with Gasteiger partial charge in [-0.25, -0.2) is 4.79 Å². The number of ether oxygens (including phenoxy) is 1. The Balaban J connectivity index is 1.37. The molecule has 2 aromatic carbocycles. The van der Waals surface area contributed by atoms with Gasteiger partial charge in [-0.15, -0.1) is 10.2 Å². The minimum Gasteiger partial charge on any atom is -0.457 e. The maximum atomic E-state index is 13.0. The fourth-order valence-electron chi connectivity index (χ4n) is 2.62. The summed E-state index contributed by atoms with van der Waals surface area (Å²) in [6.45, 7) is 1.80. The molecule has 9 heteroatoms. The number of hydrogen-bond acceptors (Lipinski definition) is 6. The normalized spacial score (nSPS) is 18.2. The molecule has 2 heterocycles. The minimum absolute atomic E-state index is 0.0590. The third-order valence-corrected chi connectivity index (χ3v) is 4.49. The van der Waals surface area contributed by atoms with Crippen LogP contribution in [0.1, 0.15) is 34.0 Å². The Morgan fingerprint density at radius 2 is 1.48 bits per heavy atom. The van der Waals surface area contributed by atoms with E-state index in [1.807, 2.05) is 6.92 Å². The lowest BCUT2D eigenvalue weighted by atomic mass is 10.0. The molecule has 6 nitrogen and oxygen atoms in total. The molecule has 0 spiro atoms. The van der Waals surface area contributed by atoms with Crippen molar-refractivity contribution in [3.8, 4) is 0 Å². The van der Waals surface area contributed by atoms with Gasteiger partial charge in [-0.3, -0.25) is 0 Å².